The molecule has 3 rings (SSSR count). The molecule has 2 aromatic rings. The Hall–Kier alpha value is -1.00. The number of thioether (sulfide) groups is 1. The van der Waals surface area contributed by atoms with Crippen molar-refractivity contribution in [2.75, 3.05) is 19.1 Å². The van der Waals surface area contributed by atoms with E-state index >= 15 is 0 Å². The number of amides is 1. The second-order valence-electron chi connectivity index (χ2n) is 5.35. The Morgan fingerprint density at radius 1 is 1.19 bits per heavy atom. The van der Waals surface area contributed by atoms with Gasteiger partial charge in [-0.1, -0.05) is 47.2 Å². The van der Waals surface area contributed by atoms with Gasteiger partial charge in [-0.05, 0) is 64.6 Å². The molecule has 0 aromatic heterocycles. The fourth-order valence-corrected chi connectivity index (χ4v) is 5.13. The Morgan fingerprint density at radius 3 is 2.56 bits per heavy atom. The molecule has 1 amide bonds. The third-order valence-electron chi connectivity index (χ3n) is 3.70. The molecule has 0 spiro atoms. The summed E-state index contributed by atoms with van der Waals surface area (Å²) in [5.41, 5.74) is 1.31. The van der Waals surface area contributed by atoms with Crippen molar-refractivity contribution in [2.24, 2.45) is 0 Å². The number of hydrogen-bond acceptors (Lipinski definition) is 5. The highest BCUT2D eigenvalue weighted by atomic mass is 127. The highest BCUT2D eigenvalue weighted by Crippen LogP contribution is 2.41. The fraction of sp³-hybridized carbons (Fsp3) is 0.111. The summed E-state index contributed by atoms with van der Waals surface area (Å²) < 4.78 is 12.0. The number of nitrogens with zero attached hydrogens (tertiary/aromatic N) is 1. The van der Waals surface area contributed by atoms with Gasteiger partial charge in [-0.15, -0.1) is 0 Å². The number of halogens is 3. The van der Waals surface area contributed by atoms with Crippen LogP contribution in [0.25, 0.3) is 6.08 Å². The second-order valence-corrected chi connectivity index (χ2v) is 9.03. The summed E-state index contributed by atoms with van der Waals surface area (Å²) in [6.45, 7) is 0. The minimum Gasteiger partial charge on any atom is -0.493 e. The average Bonchev–Trinajstić information content (AvgIpc) is 2.88. The van der Waals surface area contributed by atoms with Gasteiger partial charge >= 0.3 is 0 Å². The van der Waals surface area contributed by atoms with E-state index in [1.54, 1.807) is 38.5 Å². The maximum atomic E-state index is 12.9. The lowest BCUT2D eigenvalue weighted by Crippen LogP contribution is -2.27. The van der Waals surface area contributed by atoms with E-state index in [1.807, 2.05) is 12.1 Å². The van der Waals surface area contributed by atoms with Gasteiger partial charge < -0.3 is 9.47 Å². The van der Waals surface area contributed by atoms with Crippen molar-refractivity contribution in [3.8, 4) is 11.5 Å². The van der Waals surface area contributed by atoms with Crippen LogP contribution >= 0.6 is 69.8 Å². The summed E-state index contributed by atoms with van der Waals surface area (Å²) in [6.07, 6.45) is 1.77. The molecule has 1 aliphatic heterocycles. The van der Waals surface area contributed by atoms with E-state index in [0.29, 0.717) is 36.5 Å². The number of methoxy groups -OCH3 is 2. The highest BCUT2D eigenvalue weighted by Gasteiger charge is 2.34. The van der Waals surface area contributed by atoms with Gasteiger partial charge in [0, 0.05) is 5.02 Å². The summed E-state index contributed by atoms with van der Waals surface area (Å²) in [6, 6.07) is 8.64. The van der Waals surface area contributed by atoms with Crippen molar-refractivity contribution in [2.45, 2.75) is 0 Å². The van der Waals surface area contributed by atoms with Crippen LogP contribution < -0.4 is 14.4 Å². The van der Waals surface area contributed by atoms with Crippen molar-refractivity contribution in [1.82, 2.24) is 0 Å². The quantitative estimate of drug-likeness (QED) is 0.264. The van der Waals surface area contributed by atoms with E-state index in [1.165, 1.54) is 16.7 Å². The summed E-state index contributed by atoms with van der Waals surface area (Å²) in [7, 11) is 3.15. The number of benzene rings is 2. The van der Waals surface area contributed by atoms with Crippen LogP contribution in [0.2, 0.25) is 10.0 Å². The van der Waals surface area contributed by atoms with Crippen LogP contribution in [0.4, 0.5) is 5.69 Å². The van der Waals surface area contributed by atoms with Gasteiger partial charge in [-0.3, -0.25) is 9.69 Å². The molecule has 27 heavy (non-hydrogen) atoms. The molecule has 4 nitrogen and oxygen atoms in total. The van der Waals surface area contributed by atoms with Crippen molar-refractivity contribution in [1.29, 1.82) is 0 Å². The van der Waals surface area contributed by atoms with Gasteiger partial charge in [0.2, 0.25) is 0 Å². The van der Waals surface area contributed by atoms with Crippen LogP contribution in [-0.2, 0) is 4.79 Å². The molecule has 1 aliphatic rings. The molecule has 9 heteroatoms. The van der Waals surface area contributed by atoms with Crippen LogP contribution in [0, 0.1) is 3.57 Å². The van der Waals surface area contributed by atoms with Crippen molar-refractivity contribution >= 4 is 91.8 Å². The Balaban J connectivity index is 1.98. The van der Waals surface area contributed by atoms with E-state index in [0.717, 1.165) is 9.13 Å². The Bertz CT molecular complexity index is 981. The molecule has 0 aliphatic carbocycles. The van der Waals surface area contributed by atoms with Crippen LogP contribution in [0.1, 0.15) is 5.56 Å². The van der Waals surface area contributed by atoms with Gasteiger partial charge in [0.25, 0.3) is 5.91 Å². The summed E-state index contributed by atoms with van der Waals surface area (Å²) in [4.78, 5) is 14.8. The van der Waals surface area contributed by atoms with Crippen molar-refractivity contribution in [3.05, 3.63) is 54.4 Å². The molecular formula is C18H12Cl2INO3S2. The minimum atomic E-state index is -0.237. The number of anilines is 1. The second kappa shape index (κ2) is 8.57. The molecule has 0 atom stereocenters. The lowest BCUT2D eigenvalue weighted by molar-refractivity contribution is -0.113. The third-order valence-corrected chi connectivity index (χ3v) is 6.34. The zero-order valence-corrected chi connectivity index (χ0v) is 19.4. The van der Waals surface area contributed by atoms with E-state index in [4.69, 9.17) is 44.9 Å². The number of carbonyl (C=O) groups excluding carboxylic acids is 1. The van der Waals surface area contributed by atoms with E-state index in [2.05, 4.69) is 22.6 Å². The third kappa shape index (κ3) is 4.22. The first-order valence-corrected chi connectivity index (χ1v) is 10.6. The van der Waals surface area contributed by atoms with E-state index in [9.17, 15) is 4.79 Å². The first-order valence-electron chi connectivity index (χ1n) is 7.50. The normalized spacial score (nSPS) is 15.6. The number of thiocarbonyl (C=S) groups is 1. The predicted molar refractivity (Wildman–Crippen MR) is 124 cm³/mol. The van der Waals surface area contributed by atoms with Crippen LogP contribution in [0.3, 0.4) is 0 Å². The molecule has 0 saturated carbocycles. The van der Waals surface area contributed by atoms with Crippen molar-refractivity contribution in [3.63, 3.8) is 0 Å². The van der Waals surface area contributed by atoms with Crippen LogP contribution in [-0.4, -0.2) is 24.4 Å². The molecule has 2 aromatic carbocycles. The predicted octanol–water partition coefficient (Wildman–Crippen LogP) is 6.02. The number of rotatable bonds is 4. The maximum Gasteiger partial charge on any atom is 0.270 e. The van der Waals surface area contributed by atoms with Gasteiger partial charge in [-0.2, -0.15) is 0 Å². The highest BCUT2D eigenvalue weighted by molar-refractivity contribution is 14.1. The van der Waals surface area contributed by atoms with Crippen molar-refractivity contribution < 1.29 is 14.3 Å². The standard InChI is InChI=1S/C18H12Cl2INO3S2/c1-24-14-6-9(5-12(21)16(14)25-2)7-15-17(23)22(18(26)27-15)13-4-3-10(19)8-11(13)20/h3-8H,1-2H3/b15-7-. The maximum absolute atomic E-state index is 12.9. The SMILES string of the molecule is COc1cc(/C=C2\SC(=S)N(c3ccc(Cl)cc3Cl)C2=O)cc(I)c1OC. The van der Waals surface area contributed by atoms with Gasteiger partial charge in [0.05, 0.1) is 33.4 Å². The molecule has 1 fully saturated rings. The van der Waals surface area contributed by atoms with Gasteiger partial charge in [0.15, 0.2) is 15.8 Å². The van der Waals surface area contributed by atoms with Gasteiger partial charge in [-0.25, -0.2) is 0 Å². The Morgan fingerprint density at radius 2 is 1.93 bits per heavy atom. The number of hydrogen-bond donors (Lipinski definition) is 0. The topological polar surface area (TPSA) is 38.8 Å². The fourth-order valence-electron chi connectivity index (χ4n) is 2.51. The molecule has 0 radical (unpaired) electrons. The Kier molecular flexibility index (Phi) is 6.58. The van der Waals surface area contributed by atoms with E-state index in [-0.39, 0.29) is 5.91 Å². The Labute approximate surface area is 189 Å². The summed E-state index contributed by atoms with van der Waals surface area (Å²) in [5, 5.41) is 0.852. The molecular weight excluding hydrogens is 540 g/mol. The van der Waals surface area contributed by atoms with Crippen LogP contribution in [0.15, 0.2) is 35.2 Å². The first-order chi connectivity index (χ1) is 12.8. The lowest BCUT2D eigenvalue weighted by Gasteiger charge is -2.16. The zero-order valence-electron chi connectivity index (χ0n) is 14.1. The smallest absolute Gasteiger partial charge is 0.270 e. The summed E-state index contributed by atoms with van der Waals surface area (Å²) in [5.74, 6) is 1.00. The van der Waals surface area contributed by atoms with Gasteiger partial charge in [0.1, 0.15) is 0 Å². The van der Waals surface area contributed by atoms with E-state index < -0.39 is 0 Å². The van der Waals surface area contributed by atoms with Crippen LogP contribution in [0.5, 0.6) is 11.5 Å². The monoisotopic (exact) mass is 551 g/mol. The lowest BCUT2D eigenvalue weighted by atomic mass is 10.2. The molecule has 0 bridgehead atoms. The largest absolute Gasteiger partial charge is 0.493 e. The zero-order chi connectivity index (χ0) is 19.7. The molecule has 0 N–H and O–H groups in total. The summed E-state index contributed by atoms with van der Waals surface area (Å²) >= 11 is 20.9. The molecule has 0 unspecified atom stereocenters. The average molecular weight is 552 g/mol. The minimum absolute atomic E-state index is 0.237. The number of ether oxygens (including phenoxy) is 2. The number of carbonyl (C=O) groups is 1. The molecule has 1 heterocycles. The molecule has 1 saturated heterocycles. The molecule has 140 valence electrons. The first kappa shape index (κ1) is 20.7.